The number of hydrogen-bond acceptors (Lipinski definition) is 3. The number of piperidine rings is 2. The van der Waals surface area contributed by atoms with Gasteiger partial charge in [0.05, 0.1) is 4.90 Å². The summed E-state index contributed by atoms with van der Waals surface area (Å²) >= 11 is 0. The summed E-state index contributed by atoms with van der Waals surface area (Å²) in [4.78, 5) is 15.1. The van der Waals surface area contributed by atoms with E-state index in [9.17, 15) is 13.2 Å². The van der Waals surface area contributed by atoms with E-state index in [4.69, 9.17) is 0 Å². The van der Waals surface area contributed by atoms with Crippen molar-refractivity contribution in [3.05, 3.63) is 30.3 Å². The van der Waals surface area contributed by atoms with Crippen LogP contribution in [0.25, 0.3) is 0 Å². The number of sulfonamides is 1. The molecule has 1 amide bonds. The van der Waals surface area contributed by atoms with Crippen molar-refractivity contribution in [3.63, 3.8) is 0 Å². The Morgan fingerprint density at radius 1 is 1.00 bits per heavy atom. The van der Waals surface area contributed by atoms with Crippen LogP contribution in [0.5, 0.6) is 0 Å². The molecular weight excluding hydrogens is 324 g/mol. The van der Waals surface area contributed by atoms with Crippen LogP contribution in [0.2, 0.25) is 0 Å². The highest BCUT2D eigenvalue weighted by Gasteiger charge is 2.35. The lowest BCUT2D eigenvalue weighted by atomic mass is 9.94. The maximum Gasteiger partial charge on any atom is 0.243 e. The Morgan fingerprint density at radius 3 is 2.29 bits per heavy atom. The molecule has 1 aromatic rings. The normalized spacial score (nSPS) is 24.0. The van der Waals surface area contributed by atoms with E-state index in [1.54, 1.807) is 24.3 Å². The van der Waals surface area contributed by atoms with Crippen molar-refractivity contribution in [3.8, 4) is 0 Å². The third kappa shape index (κ3) is 3.49. The number of nitrogens with zero attached hydrogens (tertiary/aromatic N) is 2. The first kappa shape index (κ1) is 17.4. The van der Waals surface area contributed by atoms with Gasteiger partial charge in [-0.25, -0.2) is 8.42 Å². The number of carbonyl (C=O) groups excluding carboxylic acids is 1. The zero-order valence-corrected chi connectivity index (χ0v) is 15.0. The molecule has 2 aliphatic rings. The smallest absolute Gasteiger partial charge is 0.243 e. The first-order valence-corrected chi connectivity index (χ1v) is 10.3. The number of rotatable bonds is 3. The van der Waals surface area contributed by atoms with Crippen molar-refractivity contribution in [1.29, 1.82) is 0 Å². The van der Waals surface area contributed by atoms with Crippen LogP contribution in [0.4, 0.5) is 0 Å². The Hall–Kier alpha value is -1.40. The lowest BCUT2D eigenvalue weighted by Crippen LogP contribution is -2.48. The SMILES string of the molecule is C[C@H]1CCCCN1C(=O)C1CCN(S(=O)(=O)c2ccccc2)CC1. The van der Waals surface area contributed by atoms with E-state index in [0.717, 1.165) is 19.4 Å². The standard InChI is InChI=1S/C18H26N2O3S/c1-15-7-5-6-12-20(15)18(21)16-10-13-19(14-11-16)24(22,23)17-8-3-2-4-9-17/h2-4,8-9,15-16H,5-7,10-14H2,1H3/t15-/m0/s1. The average molecular weight is 350 g/mol. The van der Waals surface area contributed by atoms with E-state index < -0.39 is 10.0 Å². The molecule has 2 heterocycles. The van der Waals surface area contributed by atoms with Crippen molar-refractivity contribution in [2.45, 2.75) is 50.0 Å². The molecule has 1 aromatic carbocycles. The van der Waals surface area contributed by atoms with Gasteiger partial charge in [0.15, 0.2) is 0 Å². The highest BCUT2D eigenvalue weighted by Crippen LogP contribution is 2.27. The molecule has 5 nitrogen and oxygen atoms in total. The summed E-state index contributed by atoms with van der Waals surface area (Å²) in [6.07, 6.45) is 4.59. The number of hydrogen-bond donors (Lipinski definition) is 0. The number of likely N-dealkylation sites (tertiary alicyclic amines) is 1. The lowest BCUT2D eigenvalue weighted by Gasteiger charge is -2.38. The van der Waals surface area contributed by atoms with E-state index in [1.165, 1.54) is 10.7 Å². The second-order valence-electron chi connectivity index (χ2n) is 6.87. The Morgan fingerprint density at radius 2 is 1.67 bits per heavy atom. The summed E-state index contributed by atoms with van der Waals surface area (Å²) in [5.41, 5.74) is 0. The first-order chi connectivity index (χ1) is 11.5. The molecule has 0 radical (unpaired) electrons. The van der Waals surface area contributed by atoms with Gasteiger partial charge in [-0.3, -0.25) is 4.79 Å². The van der Waals surface area contributed by atoms with Gasteiger partial charge in [0.25, 0.3) is 0 Å². The van der Waals surface area contributed by atoms with Crippen LogP contribution in [-0.4, -0.2) is 49.2 Å². The minimum atomic E-state index is -3.44. The van der Waals surface area contributed by atoms with Crippen LogP contribution in [-0.2, 0) is 14.8 Å². The monoisotopic (exact) mass is 350 g/mol. The molecule has 2 saturated heterocycles. The maximum atomic E-state index is 12.7. The van der Waals surface area contributed by atoms with Crippen LogP contribution in [0.15, 0.2) is 35.2 Å². The largest absolute Gasteiger partial charge is 0.340 e. The minimum Gasteiger partial charge on any atom is -0.340 e. The van der Waals surface area contributed by atoms with Gasteiger partial charge >= 0.3 is 0 Å². The maximum absolute atomic E-state index is 12.7. The number of carbonyl (C=O) groups is 1. The third-order valence-corrected chi connectivity index (χ3v) is 7.18. The van der Waals surface area contributed by atoms with Gasteiger partial charge < -0.3 is 4.90 Å². The van der Waals surface area contributed by atoms with Gasteiger partial charge in [-0.05, 0) is 51.2 Å². The zero-order valence-electron chi connectivity index (χ0n) is 14.2. The summed E-state index contributed by atoms with van der Waals surface area (Å²) in [5.74, 6) is 0.187. The van der Waals surface area contributed by atoms with E-state index in [-0.39, 0.29) is 11.8 Å². The molecule has 0 unspecified atom stereocenters. The Bertz CT molecular complexity index is 667. The van der Waals surface area contributed by atoms with Crippen LogP contribution in [0, 0.1) is 5.92 Å². The van der Waals surface area contributed by atoms with Crippen LogP contribution in [0.1, 0.15) is 39.0 Å². The molecule has 24 heavy (non-hydrogen) atoms. The van der Waals surface area contributed by atoms with E-state index in [0.29, 0.717) is 36.9 Å². The molecule has 0 spiro atoms. The quantitative estimate of drug-likeness (QED) is 0.841. The summed E-state index contributed by atoms with van der Waals surface area (Å²) in [7, 11) is -3.44. The van der Waals surface area contributed by atoms with E-state index in [2.05, 4.69) is 6.92 Å². The summed E-state index contributed by atoms with van der Waals surface area (Å²) in [5, 5.41) is 0. The molecule has 0 aromatic heterocycles. The first-order valence-electron chi connectivity index (χ1n) is 8.86. The second-order valence-corrected chi connectivity index (χ2v) is 8.81. The zero-order chi connectivity index (χ0) is 17.2. The van der Waals surface area contributed by atoms with E-state index in [1.807, 2.05) is 11.0 Å². The van der Waals surface area contributed by atoms with Crippen molar-refractivity contribution in [1.82, 2.24) is 9.21 Å². The molecule has 0 saturated carbocycles. The van der Waals surface area contributed by atoms with Crippen molar-refractivity contribution in [2.75, 3.05) is 19.6 Å². The van der Waals surface area contributed by atoms with Gasteiger partial charge in [-0.1, -0.05) is 18.2 Å². The Labute approximate surface area is 144 Å². The molecule has 6 heteroatoms. The minimum absolute atomic E-state index is 0.0345. The molecule has 0 aliphatic carbocycles. The fourth-order valence-corrected chi connectivity index (χ4v) is 5.24. The molecule has 3 rings (SSSR count). The van der Waals surface area contributed by atoms with E-state index >= 15 is 0 Å². The van der Waals surface area contributed by atoms with Gasteiger partial charge in [-0.2, -0.15) is 4.31 Å². The molecule has 1 atom stereocenters. The molecule has 132 valence electrons. The highest BCUT2D eigenvalue weighted by molar-refractivity contribution is 7.89. The molecular formula is C18H26N2O3S. The van der Waals surface area contributed by atoms with Crippen molar-refractivity contribution >= 4 is 15.9 Å². The van der Waals surface area contributed by atoms with Crippen LogP contribution < -0.4 is 0 Å². The number of benzene rings is 1. The summed E-state index contributed by atoms with van der Waals surface area (Å²) < 4.78 is 26.8. The van der Waals surface area contributed by atoms with Crippen molar-refractivity contribution in [2.24, 2.45) is 5.92 Å². The summed E-state index contributed by atoms with van der Waals surface area (Å²) in [6.45, 7) is 3.82. The van der Waals surface area contributed by atoms with Crippen LogP contribution in [0.3, 0.4) is 0 Å². The molecule has 0 N–H and O–H groups in total. The predicted octanol–water partition coefficient (Wildman–Crippen LogP) is 2.49. The predicted molar refractivity (Wildman–Crippen MR) is 93.0 cm³/mol. The van der Waals surface area contributed by atoms with Crippen molar-refractivity contribution < 1.29 is 13.2 Å². The second kappa shape index (κ2) is 7.23. The number of amides is 1. The molecule has 2 aliphatic heterocycles. The van der Waals surface area contributed by atoms with Gasteiger partial charge in [0.1, 0.15) is 0 Å². The van der Waals surface area contributed by atoms with Gasteiger partial charge in [-0.15, -0.1) is 0 Å². The fourth-order valence-electron chi connectivity index (χ4n) is 3.74. The fraction of sp³-hybridized carbons (Fsp3) is 0.611. The van der Waals surface area contributed by atoms with Gasteiger partial charge in [0, 0.05) is 31.6 Å². The third-order valence-electron chi connectivity index (χ3n) is 5.27. The molecule has 0 bridgehead atoms. The average Bonchev–Trinajstić information content (AvgIpc) is 2.62. The molecule has 2 fully saturated rings. The Balaban J connectivity index is 1.62. The van der Waals surface area contributed by atoms with Gasteiger partial charge in [0.2, 0.25) is 15.9 Å². The highest BCUT2D eigenvalue weighted by atomic mass is 32.2. The Kier molecular flexibility index (Phi) is 5.25. The topological polar surface area (TPSA) is 57.7 Å². The van der Waals surface area contributed by atoms with Crippen LogP contribution >= 0.6 is 0 Å². The lowest BCUT2D eigenvalue weighted by molar-refractivity contribution is -0.140. The summed E-state index contributed by atoms with van der Waals surface area (Å²) in [6, 6.07) is 8.85.